The van der Waals surface area contributed by atoms with E-state index >= 15 is 0 Å². The highest BCUT2D eigenvalue weighted by Crippen LogP contribution is 2.21. The standard InChI is InChI=1S/C16H16O4/c1-19-15(17)9-11-6-7-12-4-3-5-13(14(12)8-11)10-16(18)20-2/h3-8H,9-10H2,1-2H3. The second kappa shape index (κ2) is 6.19. The maximum absolute atomic E-state index is 11.4. The van der Waals surface area contributed by atoms with E-state index in [9.17, 15) is 9.59 Å². The van der Waals surface area contributed by atoms with E-state index in [0.29, 0.717) is 0 Å². The molecular weight excluding hydrogens is 256 g/mol. The van der Waals surface area contributed by atoms with Gasteiger partial charge in [-0.1, -0.05) is 36.4 Å². The van der Waals surface area contributed by atoms with E-state index in [1.807, 2.05) is 36.4 Å². The van der Waals surface area contributed by atoms with Gasteiger partial charge in [0.05, 0.1) is 27.1 Å². The number of carbonyl (C=O) groups excluding carboxylic acids is 2. The van der Waals surface area contributed by atoms with Crippen LogP contribution in [0.25, 0.3) is 10.8 Å². The van der Waals surface area contributed by atoms with Gasteiger partial charge in [-0.05, 0) is 21.9 Å². The minimum Gasteiger partial charge on any atom is -0.469 e. The quantitative estimate of drug-likeness (QED) is 0.801. The molecule has 0 spiro atoms. The molecule has 0 aliphatic rings. The first kappa shape index (κ1) is 14.1. The Labute approximate surface area is 117 Å². The van der Waals surface area contributed by atoms with Gasteiger partial charge in [-0.3, -0.25) is 9.59 Å². The lowest BCUT2D eigenvalue weighted by atomic mass is 9.99. The third-order valence-corrected chi connectivity index (χ3v) is 3.18. The number of carbonyl (C=O) groups is 2. The van der Waals surface area contributed by atoms with E-state index < -0.39 is 0 Å². The van der Waals surface area contributed by atoms with Gasteiger partial charge < -0.3 is 9.47 Å². The molecule has 0 amide bonds. The van der Waals surface area contributed by atoms with E-state index in [0.717, 1.165) is 21.9 Å². The summed E-state index contributed by atoms with van der Waals surface area (Å²) in [6, 6.07) is 11.5. The minimum absolute atomic E-state index is 0.218. The molecule has 20 heavy (non-hydrogen) atoms. The number of rotatable bonds is 4. The van der Waals surface area contributed by atoms with Crippen molar-refractivity contribution in [1.82, 2.24) is 0 Å². The summed E-state index contributed by atoms with van der Waals surface area (Å²) < 4.78 is 9.37. The molecule has 2 rings (SSSR count). The second-order valence-corrected chi connectivity index (χ2v) is 4.48. The summed E-state index contributed by atoms with van der Waals surface area (Å²) in [6.45, 7) is 0. The molecule has 4 heteroatoms. The first-order valence-electron chi connectivity index (χ1n) is 6.28. The molecular formula is C16H16O4. The SMILES string of the molecule is COC(=O)Cc1ccc2cccc(CC(=O)OC)c2c1. The van der Waals surface area contributed by atoms with Crippen molar-refractivity contribution >= 4 is 22.7 Å². The molecule has 0 saturated heterocycles. The molecule has 0 atom stereocenters. The van der Waals surface area contributed by atoms with Crippen molar-refractivity contribution in [2.75, 3.05) is 14.2 Å². The average Bonchev–Trinajstić information content (AvgIpc) is 2.47. The molecule has 0 aliphatic heterocycles. The van der Waals surface area contributed by atoms with E-state index in [1.165, 1.54) is 14.2 Å². The third-order valence-electron chi connectivity index (χ3n) is 3.18. The van der Waals surface area contributed by atoms with Crippen LogP contribution in [-0.2, 0) is 31.9 Å². The smallest absolute Gasteiger partial charge is 0.309 e. The van der Waals surface area contributed by atoms with Gasteiger partial charge in [0.1, 0.15) is 0 Å². The number of methoxy groups -OCH3 is 2. The fourth-order valence-corrected chi connectivity index (χ4v) is 2.12. The fraction of sp³-hybridized carbons (Fsp3) is 0.250. The molecule has 0 radical (unpaired) electrons. The van der Waals surface area contributed by atoms with Crippen LogP contribution < -0.4 is 0 Å². The average molecular weight is 272 g/mol. The van der Waals surface area contributed by atoms with Gasteiger partial charge in [-0.25, -0.2) is 0 Å². The molecule has 0 bridgehead atoms. The van der Waals surface area contributed by atoms with E-state index in [1.54, 1.807) is 0 Å². The molecule has 0 N–H and O–H groups in total. The zero-order valence-corrected chi connectivity index (χ0v) is 11.5. The number of ether oxygens (including phenoxy) is 2. The van der Waals surface area contributed by atoms with Crippen LogP contribution in [-0.4, -0.2) is 26.2 Å². The summed E-state index contributed by atoms with van der Waals surface area (Å²) in [4.78, 5) is 22.8. The lowest BCUT2D eigenvalue weighted by Gasteiger charge is -2.08. The highest BCUT2D eigenvalue weighted by molar-refractivity contribution is 5.90. The molecule has 2 aromatic carbocycles. The van der Waals surface area contributed by atoms with Crippen molar-refractivity contribution < 1.29 is 19.1 Å². The normalized spacial score (nSPS) is 10.3. The zero-order chi connectivity index (χ0) is 14.5. The van der Waals surface area contributed by atoms with Gasteiger partial charge in [0.2, 0.25) is 0 Å². The van der Waals surface area contributed by atoms with Crippen LogP contribution in [0.5, 0.6) is 0 Å². The summed E-state index contributed by atoms with van der Waals surface area (Å²) in [5.41, 5.74) is 1.75. The summed E-state index contributed by atoms with van der Waals surface area (Å²) in [5, 5.41) is 1.99. The molecule has 0 aliphatic carbocycles. The van der Waals surface area contributed by atoms with E-state index in [4.69, 9.17) is 4.74 Å². The predicted molar refractivity (Wildman–Crippen MR) is 75.4 cm³/mol. The molecule has 2 aromatic rings. The van der Waals surface area contributed by atoms with Gasteiger partial charge in [-0.2, -0.15) is 0 Å². The minimum atomic E-state index is -0.283. The predicted octanol–water partition coefficient (Wildman–Crippen LogP) is 2.27. The van der Waals surface area contributed by atoms with Crippen molar-refractivity contribution in [1.29, 1.82) is 0 Å². The van der Waals surface area contributed by atoms with Crippen LogP contribution in [0.15, 0.2) is 36.4 Å². The van der Waals surface area contributed by atoms with Crippen molar-refractivity contribution in [3.8, 4) is 0 Å². The highest BCUT2D eigenvalue weighted by Gasteiger charge is 2.09. The molecule has 4 nitrogen and oxygen atoms in total. The summed E-state index contributed by atoms with van der Waals surface area (Å²) >= 11 is 0. The monoisotopic (exact) mass is 272 g/mol. The lowest BCUT2D eigenvalue weighted by molar-refractivity contribution is -0.140. The molecule has 104 valence electrons. The van der Waals surface area contributed by atoms with Crippen molar-refractivity contribution in [2.45, 2.75) is 12.8 Å². The van der Waals surface area contributed by atoms with Gasteiger partial charge in [-0.15, -0.1) is 0 Å². The maximum atomic E-state index is 11.4. The molecule has 0 aromatic heterocycles. The third kappa shape index (κ3) is 3.15. The zero-order valence-electron chi connectivity index (χ0n) is 11.5. The van der Waals surface area contributed by atoms with Crippen LogP contribution >= 0.6 is 0 Å². The number of hydrogen-bond acceptors (Lipinski definition) is 4. The Morgan fingerprint density at radius 1 is 0.950 bits per heavy atom. The summed E-state index contributed by atoms with van der Waals surface area (Å²) in [7, 11) is 2.74. The Bertz CT molecular complexity index is 646. The summed E-state index contributed by atoms with van der Waals surface area (Å²) in [6.07, 6.45) is 0.439. The van der Waals surface area contributed by atoms with Crippen molar-refractivity contribution in [2.24, 2.45) is 0 Å². The second-order valence-electron chi connectivity index (χ2n) is 4.48. The summed E-state index contributed by atoms with van der Waals surface area (Å²) in [5.74, 6) is -0.564. The molecule has 0 fully saturated rings. The number of benzene rings is 2. The highest BCUT2D eigenvalue weighted by atomic mass is 16.5. The number of fused-ring (bicyclic) bond motifs is 1. The Morgan fingerprint density at radius 2 is 1.65 bits per heavy atom. The molecule has 0 heterocycles. The Balaban J connectivity index is 2.40. The van der Waals surface area contributed by atoms with Gasteiger partial charge in [0.25, 0.3) is 0 Å². The number of esters is 2. The van der Waals surface area contributed by atoms with E-state index in [2.05, 4.69) is 4.74 Å². The van der Waals surface area contributed by atoms with Crippen LogP contribution in [0.4, 0.5) is 0 Å². The van der Waals surface area contributed by atoms with Crippen LogP contribution in [0.2, 0.25) is 0 Å². The van der Waals surface area contributed by atoms with Crippen LogP contribution in [0.3, 0.4) is 0 Å². The molecule has 0 saturated carbocycles. The Kier molecular flexibility index (Phi) is 4.35. The van der Waals surface area contributed by atoms with Crippen LogP contribution in [0.1, 0.15) is 11.1 Å². The van der Waals surface area contributed by atoms with Gasteiger partial charge in [0, 0.05) is 0 Å². The maximum Gasteiger partial charge on any atom is 0.309 e. The topological polar surface area (TPSA) is 52.6 Å². The van der Waals surface area contributed by atoms with Gasteiger partial charge >= 0.3 is 11.9 Å². The lowest BCUT2D eigenvalue weighted by Crippen LogP contribution is -2.06. The Hall–Kier alpha value is -2.36. The first-order chi connectivity index (χ1) is 9.63. The largest absolute Gasteiger partial charge is 0.469 e. The Morgan fingerprint density at radius 3 is 2.35 bits per heavy atom. The number of hydrogen-bond donors (Lipinski definition) is 0. The van der Waals surface area contributed by atoms with Gasteiger partial charge in [0.15, 0.2) is 0 Å². The molecule has 0 unspecified atom stereocenters. The van der Waals surface area contributed by atoms with Crippen LogP contribution in [0, 0.1) is 0 Å². The van der Waals surface area contributed by atoms with E-state index in [-0.39, 0.29) is 24.8 Å². The first-order valence-corrected chi connectivity index (χ1v) is 6.28. The van der Waals surface area contributed by atoms with Crippen molar-refractivity contribution in [3.05, 3.63) is 47.5 Å². The van der Waals surface area contributed by atoms with Crippen molar-refractivity contribution in [3.63, 3.8) is 0 Å². The fourth-order valence-electron chi connectivity index (χ4n) is 2.12.